The molecular formula is C27H24F3NO4S. The van der Waals surface area contributed by atoms with Gasteiger partial charge in [0.1, 0.15) is 0 Å². The van der Waals surface area contributed by atoms with Crippen LogP contribution in [0.15, 0.2) is 65.6 Å². The predicted octanol–water partition coefficient (Wildman–Crippen LogP) is 5.29. The van der Waals surface area contributed by atoms with Gasteiger partial charge in [0.05, 0.1) is 17.1 Å². The van der Waals surface area contributed by atoms with Crippen molar-refractivity contribution in [3.05, 3.63) is 89.2 Å². The van der Waals surface area contributed by atoms with Crippen LogP contribution in [-0.2, 0) is 21.1 Å². The molecule has 36 heavy (non-hydrogen) atoms. The lowest BCUT2D eigenvalue weighted by Gasteiger charge is -2.20. The fourth-order valence-electron chi connectivity index (χ4n) is 3.12. The van der Waals surface area contributed by atoms with E-state index in [9.17, 15) is 26.4 Å². The molecule has 0 fully saturated rings. The Balaban J connectivity index is 1.60. The third-order valence-corrected chi connectivity index (χ3v) is 6.82. The van der Waals surface area contributed by atoms with E-state index in [1.807, 2.05) is 0 Å². The van der Waals surface area contributed by atoms with Crippen LogP contribution in [0.25, 0.3) is 0 Å². The largest absolute Gasteiger partial charge is 0.472 e. The topological polar surface area (TPSA) is 72.5 Å². The smallest absolute Gasteiger partial charge is 0.228 e. The lowest BCUT2D eigenvalue weighted by Crippen LogP contribution is -2.26. The van der Waals surface area contributed by atoms with Gasteiger partial charge in [0.2, 0.25) is 11.7 Å². The van der Waals surface area contributed by atoms with Gasteiger partial charge in [-0.15, -0.1) is 0 Å². The van der Waals surface area contributed by atoms with Crippen molar-refractivity contribution in [2.75, 3.05) is 11.1 Å². The number of benzene rings is 3. The predicted molar refractivity (Wildman–Crippen MR) is 131 cm³/mol. The van der Waals surface area contributed by atoms with Gasteiger partial charge in [-0.05, 0) is 67.9 Å². The first-order valence-corrected chi connectivity index (χ1v) is 12.6. The number of halogens is 3. The summed E-state index contributed by atoms with van der Waals surface area (Å²) in [5.41, 5.74) is 0.590. The summed E-state index contributed by atoms with van der Waals surface area (Å²) in [6.07, 6.45) is 0.0695. The molecule has 0 atom stereocenters. The summed E-state index contributed by atoms with van der Waals surface area (Å²) in [4.78, 5) is 12.6. The van der Waals surface area contributed by atoms with Gasteiger partial charge in [0.25, 0.3) is 0 Å². The fourth-order valence-corrected chi connectivity index (χ4v) is 4.00. The van der Waals surface area contributed by atoms with Crippen LogP contribution in [0.3, 0.4) is 0 Å². The standard InChI is InChI=1S/C27H24F3NO4S/c1-4-36(33,34)21-11-7-19(8-12-21)17-24(32)31-20-9-5-18(6-10-20)15-16-27(2,3)35-23-14-13-22(28)25(29)26(23)30/h5-14H,4,17H2,1-3H3,(H,31,32). The zero-order chi connectivity index (χ0) is 26.5. The summed E-state index contributed by atoms with van der Waals surface area (Å²) >= 11 is 0. The van der Waals surface area contributed by atoms with Crippen molar-refractivity contribution in [1.29, 1.82) is 0 Å². The maximum Gasteiger partial charge on any atom is 0.228 e. The van der Waals surface area contributed by atoms with Gasteiger partial charge < -0.3 is 10.1 Å². The summed E-state index contributed by atoms with van der Waals surface area (Å²) in [6, 6.07) is 14.6. The SMILES string of the molecule is CCS(=O)(=O)c1ccc(CC(=O)Nc2ccc(C#CC(C)(C)Oc3ccc(F)c(F)c3F)cc2)cc1. The number of hydrogen-bond donors (Lipinski definition) is 1. The zero-order valence-corrected chi connectivity index (χ0v) is 20.7. The summed E-state index contributed by atoms with van der Waals surface area (Å²) in [5.74, 6) is 0.608. The van der Waals surface area contributed by atoms with Crippen molar-refractivity contribution >= 4 is 21.4 Å². The number of anilines is 1. The molecule has 0 spiro atoms. The highest BCUT2D eigenvalue weighted by Gasteiger charge is 2.22. The maximum atomic E-state index is 13.9. The molecule has 3 aromatic rings. The molecule has 0 aliphatic carbocycles. The van der Waals surface area contributed by atoms with Gasteiger partial charge in [-0.2, -0.15) is 4.39 Å². The van der Waals surface area contributed by atoms with Crippen LogP contribution in [0, 0.1) is 29.3 Å². The van der Waals surface area contributed by atoms with Gasteiger partial charge in [-0.1, -0.05) is 30.9 Å². The van der Waals surface area contributed by atoms with Crippen molar-refractivity contribution in [2.45, 2.75) is 37.7 Å². The molecule has 5 nitrogen and oxygen atoms in total. The molecule has 0 saturated heterocycles. The molecule has 9 heteroatoms. The Hall–Kier alpha value is -3.77. The van der Waals surface area contributed by atoms with E-state index >= 15 is 0 Å². The fraction of sp³-hybridized carbons (Fsp3) is 0.222. The van der Waals surface area contributed by atoms with Crippen LogP contribution < -0.4 is 10.1 Å². The number of nitrogens with one attached hydrogen (secondary N) is 1. The van der Waals surface area contributed by atoms with E-state index in [-0.39, 0.29) is 23.0 Å². The second-order valence-electron chi connectivity index (χ2n) is 8.39. The average Bonchev–Trinajstić information content (AvgIpc) is 2.84. The summed E-state index contributed by atoms with van der Waals surface area (Å²) < 4.78 is 69.6. The van der Waals surface area contributed by atoms with Crippen LogP contribution in [0.4, 0.5) is 18.9 Å². The van der Waals surface area contributed by atoms with Crippen LogP contribution in [0.2, 0.25) is 0 Å². The Morgan fingerprint density at radius 1 is 0.944 bits per heavy atom. The van der Waals surface area contributed by atoms with E-state index in [0.717, 1.165) is 12.1 Å². The van der Waals surface area contributed by atoms with Gasteiger partial charge in [0, 0.05) is 11.3 Å². The van der Waals surface area contributed by atoms with E-state index in [0.29, 0.717) is 16.8 Å². The van der Waals surface area contributed by atoms with Crippen LogP contribution in [0.1, 0.15) is 31.9 Å². The van der Waals surface area contributed by atoms with Gasteiger partial charge in [-0.25, -0.2) is 17.2 Å². The molecule has 0 aromatic heterocycles. The van der Waals surface area contributed by atoms with Crippen molar-refractivity contribution in [1.82, 2.24) is 0 Å². The Morgan fingerprint density at radius 2 is 1.58 bits per heavy atom. The van der Waals surface area contributed by atoms with Crippen molar-refractivity contribution < 1.29 is 31.1 Å². The molecule has 0 aliphatic heterocycles. The van der Waals surface area contributed by atoms with Gasteiger partial charge >= 0.3 is 0 Å². The number of carbonyl (C=O) groups excluding carboxylic acids is 1. The van der Waals surface area contributed by atoms with E-state index < -0.39 is 38.6 Å². The number of amides is 1. The van der Waals surface area contributed by atoms with Gasteiger partial charge in [-0.3, -0.25) is 4.79 Å². The van der Waals surface area contributed by atoms with Crippen LogP contribution >= 0.6 is 0 Å². The maximum absolute atomic E-state index is 13.9. The molecule has 3 rings (SSSR count). The monoisotopic (exact) mass is 515 g/mol. The van der Waals surface area contributed by atoms with Gasteiger partial charge in [0.15, 0.2) is 32.8 Å². The molecule has 188 valence electrons. The summed E-state index contributed by atoms with van der Waals surface area (Å²) in [7, 11) is -3.30. The molecule has 1 amide bonds. The minimum Gasteiger partial charge on any atom is -0.472 e. The van der Waals surface area contributed by atoms with Crippen LogP contribution in [0.5, 0.6) is 5.75 Å². The Kier molecular flexibility index (Phi) is 8.10. The van der Waals surface area contributed by atoms with Crippen molar-refractivity contribution in [3.63, 3.8) is 0 Å². The molecule has 0 unspecified atom stereocenters. The molecule has 0 radical (unpaired) electrons. The first kappa shape index (κ1) is 26.8. The lowest BCUT2D eigenvalue weighted by molar-refractivity contribution is -0.115. The highest BCUT2D eigenvalue weighted by atomic mass is 32.2. The highest BCUT2D eigenvalue weighted by molar-refractivity contribution is 7.91. The Morgan fingerprint density at radius 3 is 2.19 bits per heavy atom. The van der Waals surface area contributed by atoms with E-state index in [2.05, 4.69) is 17.2 Å². The van der Waals surface area contributed by atoms with E-state index in [4.69, 9.17) is 4.74 Å². The minimum absolute atomic E-state index is 0.00447. The first-order valence-electron chi connectivity index (χ1n) is 11.0. The van der Waals surface area contributed by atoms with Crippen LogP contribution in [-0.4, -0.2) is 25.7 Å². The summed E-state index contributed by atoms with van der Waals surface area (Å²) in [5, 5.41) is 2.76. The molecule has 0 aliphatic rings. The second-order valence-corrected chi connectivity index (χ2v) is 10.7. The quantitative estimate of drug-likeness (QED) is 0.343. The van der Waals surface area contributed by atoms with E-state index in [1.54, 1.807) is 57.2 Å². The third kappa shape index (κ3) is 6.89. The number of sulfone groups is 1. The zero-order valence-electron chi connectivity index (χ0n) is 19.9. The number of ether oxygens (including phenoxy) is 1. The van der Waals surface area contributed by atoms with E-state index in [1.165, 1.54) is 12.1 Å². The number of hydrogen-bond acceptors (Lipinski definition) is 4. The molecule has 0 saturated carbocycles. The molecule has 0 heterocycles. The number of rotatable bonds is 7. The molecule has 3 aromatic carbocycles. The Labute approximate surface area is 208 Å². The number of carbonyl (C=O) groups is 1. The highest BCUT2D eigenvalue weighted by Crippen LogP contribution is 2.25. The molecule has 1 N–H and O–H groups in total. The average molecular weight is 516 g/mol. The molecular weight excluding hydrogens is 491 g/mol. The normalized spacial score (nSPS) is 11.4. The minimum atomic E-state index is -3.30. The Bertz CT molecular complexity index is 1420. The third-order valence-electron chi connectivity index (χ3n) is 5.07. The summed E-state index contributed by atoms with van der Waals surface area (Å²) in [6.45, 7) is 4.68. The van der Waals surface area contributed by atoms with Crippen molar-refractivity contribution in [2.24, 2.45) is 0 Å². The lowest BCUT2D eigenvalue weighted by atomic mass is 10.1. The second kappa shape index (κ2) is 10.9. The first-order chi connectivity index (χ1) is 16.9. The van der Waals surface area contributed by atoms with Crippen molar-refractivity contribution in [3.8, 4) is 17.6 Å². The molecule has 0 bridgehead atoms.